The van der Waals surface area contributed by atoms with Crippen LogP contribution in [0.3, 0.4) is 0 Å². The molecular formula is C12H11F2N3O. The molecule has 0 aliphatic carbocycles. The van der Waals surface area contributed by atoms with E-state index in [4.69, 9.17) is 5.26 Å². The minimum Gasteiger partial charge on any atom is -0.353 e. The molecule has 1 aromatic rings. The van der Waals surface area contributed by atoms with Crippen molar-refractivity contribution >= 4 is 11.6 Å². The van der Waals surface area contributed by atoms with Crippen LogP contribution < -0.4 is 10.2 Å². The lowest BCUT2D eigenvalue weighted by Gasteiger charge is -2.35. The standard InChI is InChI=1S/C12H11F2N3O/c1-7-12(18)16-2-3-17(7)11-9(13)4-8(6-15)5-10(11)14/h4-5,7H,2-3H2,1H3,(H,16,18). The number of amides is 1. The highest BCUT2D eigenvalue weighted by Gasteiger charge is 2.29. The fourth-order valence-electron chi connectivity index (χ4n) is 1.99. The Hall–Kier alpha value is -2.16. The molecule has 1 atom stereocenters. The number of nitrogens with zero attached hydrogens (tertiary/aromatic N) is 2. The summed E-state index contributed by atoms with van der Waals surface area (Å²) in [4.78, 5) is 12.8. The molecule has 6 heteroatoms. The van der Waals surface area contributed by atoms with E-state index in [1.54, 1.807) is 13.0 Å². The van der Waals surface area contributed by atoms with E-state index in [2.05, 4.69) is 5.32 Å². The van der Waals surface area contributed by atoms with E-state index in [0.717, 1.165) is 12.1 Å². The second-order valence-corrected chi connectivity index (χ2v) is 4.06. The molecule has 0 bridgehead atoms. The van der Waals surface area contributed by atoms with Gasteiger partial charge in [0.05, 0.1) is 11.6 Å². The smallest absolute Gasteiger partial charge is 0.242 e. The normalized spacial score (nSPS) is 19.3. The van der Waals surface area contributed by atoms with Gasteiger partial charge in [0, 0.05) is 13.1 Å². The zero-order valence-electron chi connectivity index (χ0n) is 9.70. The highest BCUT2D eigenvalue weighted by Crippen LogP contribution is 2.27. The Morgan fingerprint density at radius 2 is 2.06 bits per heavy atom. The van der Waals surface area contributed by atoms with E-state index < -0.39 is 17.7 Å². The molecule has 1 aliphatic heterocycles. The maximum absolute atomic E-state index is 13.8. The molecule has 4 nitrogen and oxygen atoms in total. The Morgan fingerprint density at radius 1 is 1.44 bits per heavy atom. The number of halogens is 2. The average molecular weight is 251 g/mol. The first-order chi connectivity index (χ1) is 8.54. The minimum absolute atomic E-state index is 0.0807. The van der Waals surface area contributed by atoms with Crippen molar-refractivity contribution in [2.24, 2.45) is 0 Å². The predicted octanol–water partition coefficient (Wildman–Crippen LogP) is 1.16. The molecule has 0 radical (unpaired) electrons. The van der Waals surface area contributed by atoms with Crippen molar-refractivity contribution < 1.29 is 13.6 Å². The SMILES string of the molecule is CC1C(=O)NCCN1c1c(F)cc(C#N)cc1F. The molecule has 1 fully saturated rings. The Balaban J connectivity index is 2.45. The van der Waals surface area contributed by atoms with E-state index in [-0.39, 0.29) is 17.2 Å². The number of piperazine rings is 1. The lowest BCUT2D eigenvalue weighted by atomic mass is 10.1. The van der Waals surface area contributed by atoms with Gasteiger partial charge in [-0.2, -0.15) is 5.26 Å². The second-order valence-electron chi connectivity index (χ2n) is 4.06. The summed E-state index contributed by atoms with van der Waals surface area (Å²) >= 11 is 0. The topological polar surface area (TPSA) is 56.1 Å². The summed E-state index contributed by atoms with van der Waals surface area (Å²) in [7, 11) is 0. The summed E-state index contributed by atoms with van der Waals surface area (Å²) in [6.45, 7) is 2.24. The number of carbonyl (C=O) groups is 1. The Kier molecular flexibility index (Phi) is 3.15. The molecule has 2 rings (SSSR count). The van der Waals surface area contributed by atoms with Crippen molar-refractivity contribution in [3.05, 3.63) is 29.3 Å². The first kappa shape index (κ1) is 12.3. The van der Waals surface area contributed by atoms with Crippen LogP contribution in [0.1, 0.15) is 12.5 Å². The molecule has 1 saturated heterocycles. The van der Waals surface area contributed by atoms with Gasteiger partial charge < -0.3 is 10.2 Å². The molecule has 18 heavy (non-hydrogen) atoms. The summed E-state index contributed by atoms with van der Waals surface area (Å²) in [5.41, 5.74) is -0.334. The molecule has 0 saturated carbocycles. The fraction of sp³-hybridized carbons (Fsp3) is 0.333. The van der Waals surface area contributed by atoms with Gasteiger partial charge >= 0.3 is 0 Å². The highest BCUT2D eigenvalue weighted by atomic mass is 19.1. The summed E-state index contributed by atoms with van der Waals surface area (Å²) in [6, 6.07) is 2.98. The number of rotatable bonds is 1. The quantitative estimate of drug-likeness (QED) is 0.815. The zero-order valence-corrected chi connectivity index (χ0v) is 9.70. The molecule has 94 valence electrons. The maximum Gasteiger partial charge on any atom is 0.242 e. The van der Waals surface area contributed by atoms with Gasteiger partial charge in [0.1, 0.15) is 11.7 Å². The van der Waals surface area contributed by atoms with Crippen LogP contribution in [-0.4, -0.2) is 25.0 Å². The van der Waals surface area contributed by atoms with Crippen LogP contribution >= 0.6 is 0 Å². The third-order valence-corrected chi connectivity index (χ3v) is 2.93. The number of benzene rings is 1. The van der Waals surface area contributed by atoms with Crippen LogP contribution in [0.15, 0.2) is 12.1 Å². The third kappa shape index (κ3) is 1.99. The molecule has 1 amide bonds. The Bertz CT molecular complexity index is 516. The molecule has 1 unspecified atom stereocenters. The molecule has 0 spiro atoms. The van der Waals surface area contributed by atoms with Gasteiger partial charge in [0.2, 0.25) is 5.91 Å². The summed E-state index contributed by atoms with van der Waals surface area (Å²) < 4.78 is 27.6. The highest BCUT2D eigenvalue weighted by molar-refractivity contribution is 5.86. The summed E-state index contributed by atoms with van der Waals surface area (Å²) in [5, 5.41) is 11.2. The Morgan fingerprint density at radius 3 is 2.61 bits per heavy atom. The zero-order chi connectivity index (χ0) is 13.3. The van der Waals surface area contributed by atoms with Crippen molar-refractivity contribution in [1.29, 1.82) is 5.26 Å². The van der Waals surface area contributed by atoms with E-state index in [1.165, 1.54) is 4.90 Å². The van der Waals surface area contributed by atoms with Gasteiger partial charge in [-0.1, -0.05) is 0 Å². The van der Waals surface area contributed by atoms with Crippen LogP contribution in [0.5, 0.6) is 0 Å². The van der Waals surface area contributed by atoms with Crippen LogP contribution in [0.25, 0.3) is 0 Å². The first-order valence-electron chi connectivity index (χ1n) is 5.48. The van der Waals surface area contributed by atoms with Gasteiger partial charge in [-0.15, -0.1) is 0 Å². The monoisotopic (exact) mass is 251 g/mol. The number of hydrogen-bond acceptors (Lipinski definition) is 3. The van der Waals surface area contributed by atoms with Crippen LogP contribution in [0.2, 0.25) is 0 Å². The minimum atomic E-state index is -0.826. The number of nitrogens with one attached hydrogen (secondary N) is 1. The number of hydrogen-bond donors (Lipinski definition) is 1. The van der Waals surface area contributed by atoms with Crippen LogP contribution in [-0.2, 0) is 4.79 Å². The second kappa shape index (κ2) is 4.61. The predicted molar refractivity (Wildman–Crippen MR) is 60.9 cm³/mol. The van der Waals surface area contributed by atoms with E-state index in [9.17, 15) is 13.6 Å². The van der Waals surface area contributed by atoms with Crippen molar-refractivity contribution in [2.45, 2.75) is 13.0 Å². The van der Waals surface area contributed by atoms with Crippen LogP contribution in [0, 0.1) is 23.0 Å². The number of carbonyl (C=O) groups excluding carboxylic acids is 1. The van der Waals surface area contributed by atoms with Crippen molar-refractivity contribution in [1.82, 2.24) is 5.32 Å². The van der Waals surface area contributed by atoms with Gasteiger partial charge in [0.15, 0.2) is 11.6 Å². The van der Waals surface area contributed by atoms with E-state index >= 15 is 0 Å². The maximum atomic E-state index is 13.8. The van der Waals surface area contributed by atoms with Crippen LogP contribution in [0.4, 0.5) is 14.5 Å². The first-order valence-corrected chi connectivity index (χ1v) is 5.48. The van der Waals surface area contributed by atoms with E-state index in [1.807, 2.05) is 0 Å². The average Bonchev–Trinajstić information content (AvgIpc) is 2.33. The lowest BCUT2D eigenvalue weighted by molar-refractivity contribution is -0.122. The molecule has 1 aromatic carbocycles. The largest absolute Gasteiger partial charge is 0.353 e. The van der Waals surface area contributed by atoms with Gasteiger partial charge in [0.25, 0.3) is 0 Å². The molecule has 1 heterocycles. The van der Waals surface area contributed by atoms with Gasteiger partial charge in [-0.3, -0.25) is 4.79 Å². The van der Waals surface area contributed by atoms with Gasteiger partial charge in [-0.05, 0) is 19.1 Å². The van der Waals surface area contributed by atoms with Crippen molar-refractivity contribution in [2.75, 3.05) is 18.0 Å². The molecular weight excluding hydrogens is 240 g/mol. The summed E-state index contributed by atoms with van der Waals surface area (Å²) in [6.07, 6.45) is 0. The molecule has 1 aliphatic rings. The molecule has 0 aromatic heterocycles. The van der Waals surface area contributed by atoms with E-state index in [0.29, 0.717) is 13.1 Å². The number of nitriles is 1. The fourth-order valence-corrected chi connectivity index (χ4v) is 1.99. The lowest BCUT2D eigenvalue weighted by Crippen LogP contribution is -2.54. The summed E-state index contributed by atoms with van der Waals surface area (Å²) in [5.74, 6) is -1.93. The molecule has 1 N–H and O–H groups in total. The van der Waals surface area contributed by atoms with Gasteiger partial charge in [-0.25, -0.2) is 8.78 Å². The van der Waals surface area contributed by atoms with Crippen molar-refractivity contribution in [3.8, 4) is 6.07 Å². The third-order valence-electron chi connectivity index (χ3n) is 2.93. The van der Waals surface area contributed by atoms with Crippen molar-refractivity contribution in [3.63, 3.8) is 0 Å². The Labute approximate surface area is 103 Å². The number of anilines is 1.